The second-order valence-electron chi connectivity index (χ2n) is 11.4. The predicted molar refractivity (Wildman–Crippen MR) is 159 cm³/mol. The molecule has 4 rings (SSSR count). The van der Waals surface area contributed by atoms with E-state index in [0.29, 0.717) is 28.8 Å². The molecule has 0 saturated heterocycles. The van der Waals surface area contributed by atoms with Gasteiger partial charge in [0.2, 0.25) is 16.7 Å². The Balaban J connectivity index is 1.60. The smallest absolute Gasteiger partial charge is 0.276 e. The molecule has 2 fully saturated rings. The quantitative estimate of drug-likeness (QED) is 0.257. The first kappa shape index (κ1) is 31.1. The average molecular weight is 608 g/mol. The Morgan fingerprint density at radius 2 is 1.76 bits per heavy atom. The molecule has 2 aliphatic rings. The Kier molecular flexibility index (Phi) is 9.85. The molecule has 2 aliphatic carbocycles. The first-order chi connectivity index (χ1) is 19.4. The molecule has 0 spiro atoms. The van der Waals surface area contributed by atoms with E-state index in [2.05, 4.69) is 29.2 Å². The standard InChI is InChI=1S/C30H39ClFN3O5S/c1-4-27(36)35-41(38,39)30(14-15-30)40-22-11-13-25(34-29(19(2)3)21-8-6-5-7-9-21)26(18-22)33-28(37)17-20-10-12-23(31)24(32)16-20/h10-13,16,18-19,21,29,34H,4-9,14-15,17H2,1-3H3,(H,33,37)(H,35,36). The summed E-state index contributed by atoms with van der Waals surface area (Å²) in [6, 6.07) is 9.44. The monoisotopic (exact) mass is 607 g/mol. The molecule has 0 bridgehead atoms. The predicted octanol–water partition coefficient (Wildman–Crippen LogP) is 6.40. The first-order valence-electron chi connectivity index (χ1n) is 14.3. The van der Waals surface area contributed by atoms with E-state index in [1.807, 2.05) is 0 Å². The summed E-state index contributed by atoms with van der Waals surface area (Å²) in [4.78, 5) is 23.4. The Morgan fingerprint density at radius 1 is 1.05 bits per heavy atom. The van der Waals surface area contributed by atoms with Gasteiger partial charge in [0.25, 0.3) is 10.0 Å². The van der Waals surface area contributed by atoms with E-state index in [4.69, 9.17) is 16.3 Å². The second kappa shape index (κ2) is 13.0. The van der Waals surface area contributed by atoms with Crippen LogP contribution in [0.4, 0.5) is 15.8 Å². The van der Waals surface area contributed by atoms with Crippen LogP contribution in [0.25, 0.3) is 0 Å². The summed E-state index contributed by atoms with van der Waals surface area (Å²) in [7, 11) is -4.07. The van der Waals surface area contributed by atoms with Crippen molar-refractivity contribution < 1.29 is 27.1 Å². The molecule has 2 amide bonds. The number of benzene rings is 2. The normalized spacial score (nSPS) is 17.5. The molecule has 8 nitrogen and oxygen atoms in total. The zero-order chi connectivity index (χ0) is 29.8. The van der Waals surface area contributed by atoms with Crippen molar-refractivity contribution in [2.24, 2.45) is 11.8 Å². The van der Waals surface area contributed by atoms with Crippen LogP contribution in [-0.2, 0) is 26.0 Å². The van der Waals surface area contributed by atoms with E-state index in [0.717, 1.165) is 12.8 Å². The topological polar surface area (TPSA) is 114 Å². The van der Waals surface area contributed by atoms with Crippen LogP contribution in [0.5, 0.6) is 5.75 Å². The van der Waals surface area contributed by atoms with Crippen molar-refractivity contribution in [3.63, 3.8) is 0 Å². The van der Waals surface area contributed by atoms with E-state index < -0.39 is 26.7 Å². The molecule has 2 aromatic rings. The Bertz CT molecular complexity index is 1370. The fraction of sp³-hybridized carbons (Fsp3) is 0.533. The molecule has 0 aromatic heterocycles. The zero-order valence-electron chi connectivity index (χ0n) is 23.8. The number of halogens is 2. The van der Waals surface area contributed by atoms with E-state index in [-0.39, 0.29) is 48.4 Å². The van der Waals surface area contributed by atoms with E-state index >= 15 is 0 Å². The van der Waals surface area contributed by atoms with Crippen LogP contribution in [0, 0.1) is 17.7 Å². The van der Waals surface area contributed by atoms with Gasteiger partial charge in [0.15, 0.2) is 0 Å². The Hall–Kier alpha value is -2.85. The summed E-state index contributed by atoms with van der Waals surface area (Å²) in [6.07, 6.45) is 6.29. The molecule has 1 atom stereocenters. The summed E-state index contributed by atoms with van der Waals surface area (Å²) in [5.41, 5.74) is 1.57. The number of ether oxygens (including phenoxy) is 1. The van der Waals surface area contributed by atoms with Crippen LogP contribution in [0.2, 0.25) is 5.02 Å². The second-order valence-corrected chi connectivity index (χ2v) is 13.8. The number of anilines is 2. The average Bonchev–Trinajstić information content (AvgIpc) is 3.71. The number of hydrogen-bond acceptors (Lipinski definition) is 6. The lowest BCUT2D eigenvalue weighted by Crippen LogP contribution is -2.42. The fourth-order valence-electron chi connectivity index (χ4n) is 5.40. The lowest BCUT2D eigenvalue weighted by molar-refractivity contribution is -0.119. The maximum absolute atomic E-state index is 14.0. The molecule has 1 unspecified atom stereocenters. The lowest BCUT2D eigenvalue weighted by Gasteiger charge is -2.35. The van der Waals surface area contributed by atoms with Gasteiger partial charge in [-0.15, -0.1) is 0 Å². The number of nitrogens with one attached hydrogen (secondary N) is 3. The fourth-order valence-corrected chi connectivity index (χ4v) is 7.00. The van der Waals surface area contributed by atoms with E-state index in [9.17, 15) is 22.4 Å². The summed E-state index contributed by atoms with van der Waals surface area (Å²) in [5, 5.41) is 6.54. The maximum atomic E-state index is 14.0. The van der Waals surface area contributed by atoms with Gasteiger partial charge in [-0.05, 0) is 54.5 Å². The molecule has 0 aliphatic heterocycles. The molecule has 11 heteroatoms. The zero-order valence-corrected chi connectivity index (χ0v) is 25.3. The van der Waals surface area contributed by atoms with Crippen molar-refractivity contribution in [2.75, 3.05) is 10.6 Å². The van der Waals surface area contributed by atoms with Crippen molar-refractivity contribution in [1.82, 2.24) is 4.72 Å². The number of amides is 2. The molecule has 2 saturated carbocycles. The van der Waals surface area contributed by atoms with Gasteiger partial charge in [-0.2, -0.15) is 0 Å². The van der Waals surface area contributed by atoms with Gasteiger partial charge in [-0.25, -0.2) is 17.5 Å². The van der Waals surface area contributed by atoms with Crippen LogP contribution < -0.4 is 20.1 Å². The number of carbonyl (C=O) groups excluding carboxylic acids is 2. The van der Waals surface area contributed by atoms with Crippen molar-refractivity contribution in [1.29, 1.82) is 0 Å². The number of sulfonamides is 1. The van der Waals surface area contributed by atoms with Crippen molar-refractivity contribution >= 4 is 44.8 Å². The minimum Gasteiger partial charge on any atom is -0.469 e. The van der Waals surface area contributed by atoms with Gasteiger partial charge >= 0.3 is 0 Å². The molecule has 0 heterocycles. The number of hydrogen-bond donors (Lipinski definition) is 3. The van der Waals surface area contributed by atoms with Crippen LogP contribution >= 0.6 is 11.6 Å². The summed E-state index contributed by atoms with van der Waals surface area (Å²) < 4.78 is 47.8. The SMILES string of the molecule is CCC(=O)NS(=O)(=O)C1(Oc2ccc(NC(C(C)C)C3CCCCC3)c(NC(=O)Cc3ccc(Cl)c(F)c3)c2)CC1. The van der Waals surface area contributed by atoms with Gasteiger partial charge in [0.1, 0.15) is 11.6 Å². The highest BCUT2D eigenvalue weighted by molar-refractivity contribution is 7.91. The van der Waals surface area contributed by atoms with Crippen molar-refractivity contribution in [3.8, 4) is 5.75 Å². The minimum absolute atomic E-state index is 0.0213. The van der Waals surface area contributed by atoms with Crippen molar-refractivity contribution in [2.45, 2.75) is 89.5 Å². The van der Waals surface area contributed by atoms with Crippen LogP contribution in [-0.4, -0.2) is 31.2 Å². The molecule has 224 valence electrons. The van der Waals surface area contributed by atoms with Crippen LogP contribution in [0.3, 0.4) is 0 Å². The summed E-state index contributed by atoms with van der Waals surface area (Å²) >= 11 is 5.79. The van der Waals surface area contributed by atoms with Gasteiger partial charge < -0.3 is 15.4 Å². The van der Waals surface area contributed by atoms with Gasteiger partial charge in [-0.3, -0.25) is 9.59 Å². The van der Waals surface area contributed by atoms with Gasteiger partial charge in [0.05, 0.1) is 22.8 Å². The first-order valence-corrected chi connectivity index (χ1v) is 16.2. The van der Waals surface area contributed by atoms with Gasteiger partial charge in [0, 0.05) is 31.4 Å². The highest BCUT2D eigenvalue weighted by Gasteiger charge is 2.58. The number of rotatable bonds is 12. The van der Waals surface area contributed by atoms with E-state index in [1.54, 1.807) is 31.2 Å². The largest absolute Gasteiger partial charge is 0.469 e. The van der Waals surface area contributed by atoms with Gasteiger partial charge in [-0.1, -0.05) is 57.7 Å². The van der Waals surface area contributed by atoms with Crippen LogP contribution in [0.1, 0.15) is 77.7 Å². The molecule has 3 N–H and O–H groups in total. The third kappa shape index (κ3) is 7.71. The molecular formula is C30H39ClFN3O5S. The Morgan fingerprint density at radius 3 is 2.37 bits per heavy atom. The molecular weight excluding hydrogens is 569 g/mol. The number of carbonyl (C=O) groups is 2. The maximum Gasteiger partial charge on any atom is 0.276 e. The lowest BCUT2D eigenvalue weighted by atomic mass is 9.79. The summed E-state index contributed by atoms with van der Waals surface area (Å²) in [5.74, 6) is -0.524. The highest BCUT2D eigenvalue weighted by Crippen LogP contribution is 2.45. The highest BCUT2D eigenvalue weighted by atomic mass is 35.5. The minimum atomic E-state index is -4.07. The molecule has 0 radical (unpaired) electrons. The third-order valence-electron chi connectivity index (χ3n) is 7.83. The molecule has 2 aromatic carbocycles. The summed E-state index contributed by atoms with van der Waals surface area (Å²) in [6.45, 7) is 5.91. The Labute approximate surface area is 246 Å². The van der Waals surface area contributed by atoms with Crippen molar-refractivity contribution in [3.05, 3.63) is 52.8 Å². The third-order valence-corrected chi connectivity index (χ3v) is 10.1. The van der Waals surface area contributed by atoms with Crippen LogP contribution in [0.15, 0.2) is 36.4 Å². The molecule has 41 heavy (non-hydrogen) atoms. The van der Waals surface area contributed by atoms with E-state index in [1.165, 1.54) is 31.4 Å².